The molecule has 1 aromatic heterocycles. The lowest BCUT2D eigenvalue weighted by Crippen LogP contribution is -2.26. The molecule has 0 aliphatic carbocycles. The number of benzene rings is 2. The van der Waals surface area contributed by atoms with Crippen molar-refractivity contribution < 1.29 is 4.42 Å². The maximum atomic E-state index is 5.99. The predicted molar refractivity (Wildman–Crippen MR) is 103 cm³/mol. The molecule has 1 aliphatic rings. The number of hydrogen-bond donors (Lipinski definition) is 1. The molecular formula is C20H18ClN3O. The minimum absolute atomic E-state index is 0.447. The van der Waals surface area contributed by atoms with Crippen molar-refractivity contribution in [2.75, 3.05) is 23.3 Å². The molecule has 0 amide bonds. The van der Waals surface area contributed by atoms with Gasteiger partial charge in [-0.3, -0.25) is 0 Å². The van der Waals surface area contributed by atoms with E-state index in [1.807, 2.05) is 24.3 Å². The Bertz CT molecular complexity index is 886. The van der Waals surface area contributed by atoms with Crippen molar-refractivity contribution in [1.29, 1.82) is 0 Å². The summed E-state index contributed by atoms with van der Waals surface area (Å²) in [6, 6.07) is 16.3. The second-order valence-corrected chi connectivity index (χ2v) is 6.35. The molecule has 5 heteroatoms. The number of oxazole rings is 1. The van der Waals surface area contributed by atoms with Crippen LogP contribution in [0, 0.1) is 0 Å². The second kappa shape index (κ2) is 7.03. The first-order valence-corrected chi connectivity index (χ1v) is 8.64. The first-order valence-electron chi connectivity index (χ1n) is 8.27. The lowest BCUT2D eigenvalue weighted by atomic mass is 10.1. The Labute approximate surface area is 151 Å². The molecule has 1 aliphatic heterocycles. The van der Waals surface area contributed by atoms with Gasteiger partial charge in [0.2, 0.25) is 0 Å². The van der Waals surface area contributed by atoms with Crippen molar-refractivity contribution in [2.24, 2.45) is 0 Å². The van der Waals surface area contributed by atoms with Gasteiger partial charge < -0.3 is 14.6 Å². The molecule has 0 saturated carbocycles. The van der Waals surface area contributed by atoms with E-state index < -0.39 is 0 Å². The van der Waals surface area contributed by atoms with Crippen molar-refractivity contribution in [3.63, 3.8) is 0 Å². The fraction of sp³-hybridized carbons (Fsp3) is 0.150. The molecular weight excluding hydrogens is 334 g/mol. The molecule has 25 heavy (non-hydrogen) atoms. The van der Waals surface area contributed by atoms with Crippen LogP contribution in [0.4, 0.5) is 17.4 Å². The largest absolute Gasteiger partial charge is 0.423 e. The van der Waals surface area contributed by atoms with E-state index in [0.29, 0.717) is 11.0 Å². The second-order valence-electron chi connectivity index (χ2n) is 5.92. The Hall–Kier alpha value is -2.72. The lowest BCUT2D eigenvalue weighted by molar-refractivity contribution is 0.592. The number of anilines is 3. The summed E-state index contributed by atoms with van der Waals surface area (Å²) in [7, 11) is 0. The molecule has 0 spiro atoms. The van der Waals surface area contributed by atoms with E-state index in [1.54, 1.807) is 6.20 Å². The van der Waals surface area contributed by atoms with Gasteiger partial charge in [0.25, 0.3) is 6.01 Å². The highest BCUT2D eigenvalue weighted by Gasteiger charge is 2.10. The molecule has 0 fully saturated rings. The summed E-state index contributed by atoms with van der Waals surface area (Å²) in [6.07, 6.45) is 7.27. The fourth-order valence-corrected chi connectivity index (χ4v) is 3.06. The minimum atomic E-state index is 0.447. The Balaban J connectivity index is 1.49. The van der Waals surface area contributed by atoms with Crippen LogP contribution >= 0.6 is 11.6 Å². The average molecular weight is 352 g/mol. The number of hydrogen-bond acceptors (Lipinski definition) is 4. The van der Waals surface area contributed by atoms with E-state index in [2.05, 4.69) is 51.6 Å². The molecule has 1 N–H and O–H groups in total. The Kier molecular flexibility index (Phi) is 4.44. The van der Waals surface area contributed by atoms with Crippen molar-refractivity contribution >= 4 is 29.0 Å². The Morgan fingerprint density at radius 3 is 2.72 bits per heavy atom. The maximum absolute atomic E-state index is 5.99. The number of halogens is 1. The van der Waals surface area contributed by atoms with Crippen LogP contribution in [0.1, 0.15) is 6.42 Å². The van der Waals surface area contributed by atoms with Gasteiger partial charge in [0.05, 0.1) is 6.20 Å². The van der Waals surface area contributed by atoms with Crippen molar-refractivity contribution in [3.8, 4) is 11.3 Å². The zero-order valence-corrected chi connectivity index (χ0v) is 14.4. The van der Waals surface area contributed by atoms with Gasteiger partial charge in [0.15, 0.2) is 5.76 Å². The summed E-state index contributed by atoms with van der Waals surface area (Å²) in [5, 5.41) is 3.79. The van der Waals surface area contributed by atoms with Crippen LogP contribution in [0.5, 0.6) is 0 Å². The molecule has 0 radical (unpaired) electrons. The van der Waals surface area contributed by atoms with E-state index >= 15 is 0 Å². The van der Waals surface area contributed by atoms with Gasteiger partial charge in [-0.05, 0) is 48.9 Å². The molecule has 126 valence electrons. The van der Waals surface area contributed by atoms with Gasteiger partial charge >= 0.3 is 0 Å². The Morgan fingerprint density at radius 2 is 1.96 bits per heavy atom. The summed E-state index contributed by atoms with van der Waals surface area (Å²) in [4.78, 5) is 6.65. The minimum Gasteiger partial charge on any atom is -0.423 e. The van der Waals surface area contributed by atoms with Crippen LogP contribution in [0.15, 0.2) is 71.3 Å². The van der Waals surface area contributed by atoms with Gasteiger partial charge in [-0.1, -0.05) is 29.8 Å². The quantitative estimate of drug-likeness (QED) is 0.630. The van der Waals surface area contributed by atoms with E-state index in [1.165, 1.54) is 5.69 Å². The highest BCUT2D eigenvalue weighted by Crippen LogP contribution is 2.27. The van der Waals surface area contributed by atoms with E-state index in [4.69, 9.17) is 16.0 Å². The first-order chi connectivity index (χ1) is 12.3. The van der Waals surface area contributed by atoms with E-state index in [0.717, 1.165) is 36.5 Å². The Morgan fingerprint density at radius 1 is 1.08 bits per heavy atom. The zero-order chi connectivity index (χ0) is 17.1. The molecule has 4 rings (SSSR count). The molecule has 4 nitrogen and oxygen atoms in total. The van der Waals surface area contributed by atoms with Gasteiger partial charge in [-0.2, -0.15) is 0 Å². The van der Waals surface area contributed by atoms with Crippen LogP contribution < -0.4 is 10.2 Å². The summed E-state index contributed by atoms with van der Waals surface area (Å²) < 4.78 is 5.81. The molecule has 0 saturated heterocycles. The van der Waals surface area contributed by atoms with Crippen molar-refractivity contribution in [3.05, 3.63) is 71.9 Å². The molecule has 2 heterocycles. The van der Waals surface area contributed by atoms with Crippen LogP contribution in [0.25, 0.3) is 11.3 Å². The topological polar surface area (TPSA) is 41.3 Å². The van der Waals surface area contributed by atoms with Gasteiger partial charge in [-0.15, -0.1) is 0 Å². The highest BCUT2D eigenvalue weighted by atomic mass is 35.5. The van der Waals surface area contributed by atoms with Crippen LogP contribution in [0.2, 0.25) is 5.02 Å². The lowest BCUT2D eigenvalue weighted by Gasteiger charge is -2.25. The normalized spacial score (nSPS) is 13.9. The van der Waals surface area contributed by atoms with Crippen molar-refractivity contribution in [2.45, 2.75) is 6.42 Å². The molecule has 0 bridgehead atoms. The summed E-state index contributed by atoms with van der Waals surface area (Å²) in [5.41, 5.74) is 3.07. The van der Waals surface area contributed by atoms with E-state index in [9.17, 15) is 0 Å². The van der Waals surface area contributed by atoms with Crippen LogP contribution in [-0.4, -0.2) is 18.1 Å². The first kappa shape index (κ1) is 15.8. The number of rotatable bonds is 4. The third-order valence-corrected chi connectivity index (χ3v) is 4.39. The monoisotopic (exact) mass is 351 g/mol. The molecule has 2 aromatic carbocycles. The average Bonchev–Trinajstić information content (AvgIpc) is 3.11. The summed E-state index contributed by atoms with van der Waals surface area (Å²) in [6.45, 7) is 2.03. The van der Waals surface area contributed by atoms with Gasteiger partial charge in [0.1, 0.15) is 0 Å². The standard InChI is InChI=1S/C20H18ClN3O/c21-16-5-4-6-17(13-16)23-20-22-14-19(25-20)15-7-9-18(10-8-15)24-11-2-1-3-12-24/h1-2,4-10,13-14H,3,11-12H2,(H,22,23). The summed E-state index contributed by atoms with van der Waals surface area (Å²) in [5.74, 6) is 0.731. The zero-order valence-electron chi connectivity index (χ0n) is 13.7. The fourth-order valence-electron chi connectivity index (χ4n) is 2.87. The third-order valence-electron chi connectivity index (χ3n) is 4.16. The molecule has 3 aromatic rings. The van der Waals surface area contributed by atoms with E-state index in [-0.39, 0.29) is 0 Å². The molecule has 0 unspecified atom stereocenters. The molecule has 0 atom stereocenters. The van der Waals surface area contributed by atoms with Gasteiger partial charge in [-0.25, -0.2) is 4.98 Å². The van der Waals surface area contributed by atoms with Crippen LogP contribution in [0.3, 0.4) is 0 Å². The summed E-state index contributed by atoms with van der Waals surface area (Å²) >= 11 is 5.99. The van der Waals surface area contributed by atoms with Crippen LogP contribution in [-0.2, 0) is 0 Å². The predicted octanol–water partition coefficient (Wildman–Crippen LogP) is 5.50. The smallest absolute Gasteiger partial charge is 0.299 e. The number of aromatic nitrogens is 1. The number of nitrogens with one attached hydrogen (secondary N) is 1. The van der Waals surface area contributed by atoms with Gasteiger partial charge in [0, 0.05) is 35.1 Å². The SMILES string of the molecule is Clc1cccc(Nc2ncc(-c3ccc(N4CC=CCC4)cc3)o2)c1. The maximum Gasteiger partial charge on any atom is 0.299 e. The third kappa shape index (κ3) is 3.69. The highest BCUT2D eigenvalue weighted by molar-refractivity contribution is 6.30. The number of nitrogens with zero attached hydrogens (tertiary/aromatic N) is 2. The van der Waals surface area contributed by atoms with Crippen molar-refractivity contribution in [1.82, 2.24) is 4.98 Å².